The average molecular weight is 351 g/mol. The second-order valence-corrected chi connectivity index (χ2v) is 5.92. The zero-order valence-corrected chi connectivity index (χ0v) is 14.3. The summed E-state index contributed by atoms with van der Waals surface area (Å²) in [6, 6.07) is 17.1. The van der Waals surface area contributed by atoms with Gasteiger partial charge in [0, 0.05) is 27.7 Å². The maximum atomic E-state index is 11.6. The number of benzene rings is 2. The maximum absolute atomic E-state index is 11.6. The van der Waals surface area contributed by atoms with Crippen molar-refractivity contribution in [1.29, 1.82) is 5.26 Å². The first-order valence-corrected chi connectivity index (χ1v) is 8.02. The number of halogens is 1. The predicted molar refractivity (Wildman–Crippen MR) is 98.9 cm³/mol. The van der Waals surface area contributed by atoms with Gasteiger partial charge >= 0.3 is 5.97 Å². The Kier molecular flexibility index (Phi) is 4.87. The third-order valence-electron chi connectivity index (χ3n) is 3.90. The van der Waals surface area contributed by atoms with Gasteiger partial charge in [0.05, 0.1) is 18.8 Å². The number of nitrogens with zero attached hydrogens (tertiary/aromatic N) is 2. The second-order valence-electron chi connectivity index (χ2n) is 5.49. The molecule has 25 heavy (non-hydrogen) atoms. The molecule has 0 amide bonds. The molecule has 0 fully saturated rings. The topological polar surface area (TPSA) is 55.0 Å². The minimum absolute atomic E-state index is 0.115. The third kappa shape index (κ3) is 3.57. The lowest BCUT2D eigenvalue weighted by atomic mass is 10.0. The molecule has 0 atom stereocenters. The van der Waals surface area contributed by atoms with Gasteiger partial charge in [-0.2, -0.15) is 5.26 Å². The molecular weight excluding hydrogens is 336 g/mol. The van der Waals surface area contributed by atoms with Crippen molar-refractivity contribution in [3.05, 3.63) is 70.9 Å². The molecule has 0 unspecified atom stereocenters. The number of hydrogen-bond donors (Lipinski definition) is 0. The standard InChI is InChI=1S/C20H15ClN2O2/c1-25-20(24)13-23-12-16(18-7-2-3-8-19(18)23)9-15(11-22)14-5-4-6-17(21)10-14/h2-10,12H,13H2,1H3/b15-9-. The summed E-state index contributed by atoms with van der Waals surface area (Å²) in [4.78, 5) is 11.6. The van der Waals surface area contributed by atoms with Gasteiger partial charge in [-0.05, 0) is 29.8 Å². The highest BCUT2D eigenvalue weighted by molar-refractivity contribution is 6.30. The summed E-state index contributed by atoms with van der Waals surface area (Å²) in [5.41, 5.74) is 3.02. The zero-order valence-electron chi connectivity index (χ0n) is 13.6. The van der Waals surface area contributed by atoms with Crippen LogP contribution in [0.2, 0.25) is 5.02 Å². The van der Waals surface area contributed by atoms with Gasteiger partial charge in [0.15, 0.2) is 0 Å². The van der Waals surface area contributed by atoms with E-state index in [0.29, 0.717) is 10.6 Å². The van der Waals surface area contributed by atoms with Gasteiger partial charge in [-0.25, -0.2) is 0 Å². The normalized spacial score (nSPS) is 11.3. The molecule has 1 aromatic heterocycles. The summed E-state index contributed by atoms with van der Waals surface area (Å²) in [5, 5.41) is 11.1. The van der Waals surface area contributed by atoms with Crippen LogP contribution in [0.1, 0.15) is 11.1 Å². The van der Waals surface area contributed by atoms with E-state index < -0.39 is 0 Å². The molecule has 124 valence electrons. The van der Waals surface area contributed by atoms with Crippen molar-refractivity contribution < 1.29 is 9.53 Å². The number of esters is 1. The number of carbonyl (C=O) groups is 1. The van der Waals surface area contributed by atoms with Gasteiger partial charge in [0.25, 0.3) is 0 Å². The van der Waals surface area contributed by atoms with Gasteiger partial charge in [-0.1, -0.05) is 41.9 Å². The van der Waals surface area contributed by atoms with E-state index in [2.05, 4.69) is 6.07 Å². The summed E-state index contributed by atoms with van der Waals surface area (Å²) in [5.74, 6) is -0.327. The summed E-state index contributed by atoms with van der Waals surface area (Å²) in [7, 11) is 1.36. The number of ether oxygens (including phenoxy) is 1. The van der Waals surface area contributed by atoms with E-state index in [1.807, 2.05) is 53.2 Å². The van der Waals surface area contributed by atoms with Crippen LogP contribution >= 0.6 is 11.6 Å². The number of carbonyl (C=O) groups excluding carboxylic acids is 1. The number of hydrogen-bond acceptors (Lipinski definition) is 3. The van der Waals surface area contributed by atoms with Crippen LogP contribution in [0.25, 0.3) is 22.6 Å². The van der Waals surface area contributed by atoms with Gasteiger partial charge in [-0.15, -0.1) is 0 Å². The maximum Gasteiger partial charge on any atom is 0.325 e. The zero-order chi connectivity index (χ0) is 17.8. The molecule has 0 bridgehead atoms. The van der Waals surface area contributed by atoms with Crippen molar-refractivity contribution in [2.24, 2.45) is 0 Å². The first kappa shape index (κ1) is 16.8. The molecule has 0 aliphatic rings. The predicted octanol–water partition coefficient (Wildman–Crippen LogP) is 4.53. The van der Waals surface area contributed by atoms with Crippen LogP contribution in [0.3, 0.4) is 0 Å². The highest BCUT2D eigenvalue weighted by Gasteiger charge is 2.11. The Balaban J connectivity index is 2.12. The fourth-order valence-electron chi connectivity index (χ4n) is 2.72. The number of rotatable bonds is 4. The number of para-hydroxylation sites is 1. The van der Waals surface area contributed by atoms with Crippen molar-refractivity contribution in [1.82, 2.24) is 4.57 Å². The monoisotopic (exact) mass is 350 g/mol. The van der Waals surface area contributed by atoms with Crippen molar-refractivity contribution in [3.63, 3.8) is 0 Å². The Morgan fingerprint density at radius 3 is 2.80 bits per heavy atom. The number of aromatic nitrogens is 1. The average Bonchev–Trinajstić information content (AvgIpc) is 2.97. The lowest BCUT2D eigenvalue weighted by Gasteiger charge is -2.02. The molecule has 0 aliphatic carbocycles. The fourth-order valence-corrected chi connectivity index (χ4v) is 2.91. The molecule has 0 saturated heterocycles. The Bertz CT molecular complexity index is 1010. The van der Waals surface area contributed by atoms with Crippen LogP contribution in [0.5, 0.6) is 0 Å². The summed E-state index contributed by atoms with van der Waals surface area (Å²) in [6.07, 6.45) is 3.66. The fraction of sp³-hybridized carbons (Fsp3) is 0.100. The molecule has 0 radical (unpaired) electrons. The lowest BCUT2D eigenvalue weighted by molar-refractivity contribution is -0.141. The molecule has 3 aromatic rings. The molecule has 1 heterocycles. The molecular formula is C20H15ClN2O2. The molecule has 0 N–H and O–H groups in total. The largest absolute Gasteiger partial charge is 0.468 e. The van der Waals surface area contributed by atoms with Gasteiger partial charge in [0.1, 0.15) is 6.54 Å². The molecule has 0 saturated carbocycles. The van der Waals surface area contributed by atoms with E-state index >= 15 is 0 Å². The number of fused-ring (bicyclic) bond motifs is 1. The van der Waals surface area contributed by atoms with Crippen molar-refractivity contribution in [3.8, 4) is 6.07 Å². The number of methoxy groups -OCH3 is 1. The first-order chi connectivity index (χ1) is 12.1. The van der Waals surface area contributed by atoms with Crippen molar-refractivity contribution in [2.45, 2.75) is 6.54 Å². The molecule has 2 aromatic carbocycles. The van der Waals surface area contributed by atoms with Gasteiger partial charge in [-0.3, -0.25) is 4.79 Å². The Labute approximate surface area is 150 Å². The molecule has 0 aliphatic heterocycles. The molecule has 0 spiro atoms. The van der Waals surface area contributed by atoms with E-state index in [9.17, 15) is 10.1 Å². The van der Waals surface area contributed by atoms with E-state index in [1.165, 1.54) is 7.11 Å². The van der Waals surface area contributed by atoms with Crippen molar-refractivity contribution >= 4 is 40.1 Å². The van der Waals surface area contributed by atoms with Crippen LogP contribution < -0.4 is 0 Å². The van der Waals surface area contributed by atoms with E-state index in [1.54, 1.807) is 12.1 Å². The minimum Gasteiger partial charge on any atom is -0.468 e. The van der Waals surface area contributed by atoms with Crippen LogP contribution in [-0.2, 0) is 16.1 Å². The molecule has 3 rings (SSSR count). The summed E-state index contributed by atoms with van der Waals surface area (Å²) >= 11 is 6.03. The third-order valence-corrected chi connectivity index (χ3v) is 4.14. The smallest absolute Gasteiger partial charge is 0.325 e. The Morgan fingerprint density at radius 2 is 2.08 bits per heavy atom. The first-order valence-electron chi connectivity index (χ1n) is 7.65. The minimum atomic E-state index is -0.327. The van der Waals surface area contributed by atoms with Crippen molar-refractivity contribution in [2.75, 3.05) is 7.11 Å². The molecule has 4 nitrogen and oxygen atoms in total. The SMILES string of the molecule is COC(=O)Cn1cc(/C=C(/C#N)c2cccc(Cl)c2)c2ccccc21. The Hall–Kier alpha value is -3.03. The van der Waals surface area contributed by atoms with Gasteiger partial charge < -0.3 is 9.30 Å². The van der Waals surface area contributed by atoms with E-state index in [4.69, 9.17) is 16.3 Å². The van der Waals surface area contributed by atoms with Gasteiger partial charge in [0.2, 0.25) is 0 Å². The van der Waals surface area contributed by atoms with Crippen LogP contribution in [0.4, 0.5) is 0 Å². The highest BCUT2D eigenvalue weighted by atomic mass is 35.5. The lowest BCUT2D eigenvalue weighted by Crippen LogP contribution is -2.10. The quantitative estimate of drug-likeness (QED) is 0.513. The summed E-state index contributed by atoms with van der Waals surface area (Å²) < 4.78 is 6.57. The summed E-state index contributed by atoms with van der Waals surface area (Å²) in [6.45, 7) is 0.115. The van der Waals surface area contributed by atoms with E-state index in [0.717, 1.165) is 22.0 Å². The second kappa shape index (κ2) is 7.25. The van der Waals surface area contributed by atoms with Crippen LogP contribution in [-0.4, -0.2) is 17.6 Å². The van der Waals surface area contributed by atoms with Crippen LogP contribution in [0, 0.1) is 11.3 Å². The highest BCUT2D eigenvalue weighted by Crippen LogP contribution is 2.27. The number of nitriles is 1. The Morgan fingerprint density at radius 1 is 1.28 bits per heavy atom. The van der Waals surface area contributed by atoms with Crippen LogP contribution in [0.15, 0.2) is 54.7 Å². The molecule has 5 heteroatoms. The van der Waals surface area contributed by atoms with E-state index in [-0.39, 0.29) is 12.5 Å². The number of allylic oxidation sites excluding steroid dienone is 1.